The number of hydrogen-bond acceptors (Lipinski definition) is 7. The van der Waals surface area contributed by atoms with Crippen LogP contribution in [0, 0.1) is 29.4 Å². The first-order chi connectivity index (χ1) is 16.6. The Morgan fingerprint density at radius 1 is 1.11 bits per heavy atom. The highest BCUT2D eigenvalue weighted by Gasteiger charge is 2.65. The number of non-ortho nitro benzene ring substituents is 1. The molecule has 4 amide bonds. The number of nitro benzene ring substituents is 1. The SMILES string of the molecule is Cc1cccc(N2C(=O)NC(=O)[C@]3(Cc4cc([N+](=O)[O-])ccc4N4C[C@H](C)O[C@H](C)[C@@H]43)C2=O)c1C. The Morgan fingerprint density at radius 3 is 2.57 bits per heavy atom. The highest BCUT2D eigenvalue weighted by Crippen LogP contribution is 2.49. The zero-order chi connectivity index (χ0) is 25.2. The van der Waals surface area contributed by atoms with E-state index in [9.17, 15) is 24.5 Å². The quantitative estimate of drug-likeness (QED) is 0.400. The zero-order valence-corrected chi connectivity index (χ0v) is 19.9. The van der Waals surface area contributed by atoms with E-state index < -0.39 is 40.3 Å². The molecule has 10 nitrogen and oxygen atoms in total. The number of rotatable bonds is 2. The number of carbonyl (C=O) groups excluding carboxylic acids is 3. The molecular formula is C25H26N4O6. The molecule has 2 aromatic rings. The summed E-state index contributed by atoms with van der Waals surface area (Å²) in [5.41, 5.74) is 1.42. The minimum Gasteiger partial charge on any atom is -0.372 e. The van der Waals surface area contributed by atoms with Crippen molar-refractivity contribution in [1.29, 1.82) is 0 Å². The van der Waals surface area contributed by atoms with Crippen LogP contribution in [-0.2, 0) is 20.7 Å². The van der Waals surface area contributed by atoms with Crippen LogP contribution in [0.5, 0.6) is 0 Å². The number of nitrogens with zero attached hydrogens (tertiary/aromatic N) is 3. The van der Waals surface area contributed by atoms with Crippen molar-refractivity contribution in [3.05, 3.63) is 63.2 Å². The summed E-state index contributed by atoms with van der Waals surface area (Å²) >= 11 is 0. The first-order valence-corrected chi connectivity index (χ1v) is 11.5. The van der Waals surface area contributed by atoms with Crippen molar-refractivity contribution >= 4 is 34.9 Å². The van der Waals surface area contributed by atoms with Gasteiger partial charge in [-0.3, -0.25) is 25.0 Å². The second-order valence-electron chi connectivity index (χ2n) is 9.59. The molecule has 0 radical (unpaired) electrons. The van der Waals surface area contributed by atoms with Gasteiger partial charge in [0.25, 0.3) is 11.6 Å². The minimum atomic E-state index is -1.72. The number of nitrogens with one attached hydrogen (secondary N) is 1. The van der Waals surface area contributed by atoms with Crippen molar-refractivity contribution in [1.82, 2.24) is 5.32 Å². The molecule has 0 aromatic heterocycles. The molecule has 182 valence electrons. The van der Waals surface area contributed by atoms with Crippen molar-refractivity contribution < 1.29 is 24.0 Å². The van der Waals surface area contributed by atoms with Crippen LogP contribution in [0.15, 0.2) is 36.4 Å². The summed E-state index contributed by atoms with van der Waals surface area (Å²) in [4.78, 5) is 55.0. The lowest BCUT2D eigenvalue weighted by Gasteiger charge is -2.56. The van der Waals surface area contributed by atoms with E-state index in [1.807, 2.05) is 38.7 Å². The first kappa shape index (κ1) is 23.0. The molecule has 2 saturated heterocycles. The van der Waals surface area contributed by atoms with Gasteiger partial charge in [0.05, 0.1) is 28.9 Å². The van der Waals surface area contributed by atoms with Gasteiger partial charge in [0.15, 0.2) is 5.41 Å². The lowest BCUT2D eigenvalue weighted by molar-refractivity contribution is -0.384. The number of anilines is 2. The third kappa shape index (κ3) is 3.23. The average Bonchev–Trinajstić information content (AvgIpc) is 2.79. The third-order valence-electron chi connectivity index (χ3n) is 7.47. The van der Waals surface area contributed by atoms with Crippen LogP contribution in [0.4, 0.5) is 21.9 Å². The number of amides is 4. The van der Waals surface area contributed by atoms with Gasteiger partial charge in [-0.1, -0.05) is 12.1 Å². The lowest BCUT2D eigenvalue weighted by Crippen LogP contribution is -2.76. The van der Waals surface area contributed by atoms with Gasteiger partial charge in [0, 0.05) is 30.8 Å². The summed E-state index contributed by atoms with van der Waals surface area (Å²) in [5, 5.41) is 13.9. The normalized spacial score (nSPS) is 28.0. The Labute approximate surface area is 202 Å². The molecule has 0 unspecified atom stereocenters. The number of carbonyl (C=O) groups is 3. The van der Waals surface area contributed by atoms with Gasteiger partial charge in [-0.05, 0) is 56.5 Å². The molecule has 10 heteroatoms. The van der Waals surface area contributed by atoms with E-state index in [0.717, 1.165) is 21.7 Å². The van der Waals surface area contributed by atoms with E-state index in [1.54, 1.807) is 18.2 Å². The number of benzene rings is 2. The molecule has 2 fully saturated rings. The molecule has 5 rings (SSSR count). The van der Waals surface area contributed by atoms with E-state index in [-0.39, 0.29) is 18.2 Å². The standard InChI is InChI=1S/C25H26N4O6/c1-13-6-5-7-19(15(13)3)28-23(31)25(22(30)26-24(28)32)11-17-10-18(29(33)34)8-9-20(17)27-12-14(2)35-16(4)21(25)27/h5-10,14,16,21H,11-12H2,1-4H3,(H,26,30,32)/t14-,16+,21+,25+/m0/s1. The maximum atomic E-state index is 14.3. The fraction of sp³-hybridized carbons (Fsp3) is 0.400. The van der Waals surface area contributed by atoms with E-state index in [4.69, 9.17) is 4.74 Å². The maximum Gasteiger partial charge on any atom is 0.335 e. The van der Waals surface area contributed by atoms with E-state index in [0.29, 0.717) is 17.8 Å². The minimum absolute atomic E-state index is 0.0907. The Balaban J connectivity index is 1.73. The third-order valence-corrected chi connectivity index (χ3v) is 7.47. The summed E-state index contributed by atoms with van der Waals surface area (Å²) in [6.45, 7) is 7.79. The molecule has 3 aliphatic heterocycles. The number of aryl methyl sites for hydroxylation is 1. The number of urea groups is 1. The number of ether oxygens (including phenoxy) is 1. The Kier molecular flexibility index (Phi) is 5.17. The number of morpholine rings is 1. The summed E-state index contributed by atoms with van der Waals surface area (Å²) in [6, 6.07) is 8.28. The van der Waals surface area contributed by atoms with Crippen molar-refractivity contribution in [3.63, 3.8) is 0 Å². The summed E-state index contributed by atoms with van der Waals surface area (Å²) in [5.74, 6) is -1.37. The van der Waals surface area contributed by atoms with Gasteiger partial charge < -0.3 is 9.64 Å². The molecule has 4 atom stereocenters. The molecule has 1 N–H and O–H groups in total. The Bertz CT molecular complexity index is 1290. The Morgan fingerprint density at radius 2 is 1.86 bits per heavy atom. The predicted octanol–water partition coefficient (Wildman–Crippen LogP) is 3.02. The fourth-order valence-electron chi connectivity index (χ4n) is 5.82. The first-order valence-electron chi connectivity index (χ1n) is 11.5. The molecular weight excluding hydrogens is 452 g/mol. The summed E-state index contributed by atoms with van der Waals surface area (Å²) in [7, 11) is 0. The van der Waals surface area contributed by atoms with Crippen molar-refractivity contribution in [3.8, 4) is 0 Å². The lowest BCUT2D eigenvalue weighted by atomic mass is 9.66. The molecule has 0 aliphatic carbocycles. The van der Waals surface area contributed by atoms with Crippen LogP contribution < -0.4 is 15.1 Å². The summed E-state index contributed by atoms with van der Waals surface area (Å²) in [6.07, 6.45) is -0.810. The largest absolute Gasteiger partial charge is 0.372 e. The van der Waals surface area contributed by atoms with Crippen molar-refractivity contribution in [2.45, 2.75) is 52.4 Å². The molecule has 35 heavy (non-hydrogen) atoms. The second-order valence-corrected chi connectivity index (χ2v) is 9.59. The van der Waals surface area contributed by atoms with Gasteiger partial charge in [0.1, 0.15) is 0 Å². The molecule has 0 saturated carbocycles. The number of imide groups is 2. The predicted molar refractivity (Wildman–Crippen MR) is 127 cm³/mol. The summed E-state index contributed by atoms with van der Waals surface area (Å²) < 4.78 is 6.08. The monoisotopic (exact) mass is 478 g/mol. The van der Waals surface area contributed by atoms with Gasteiger partial charge >= 0.3 is 6.03 Å². The van der Waals surface area contributed by atoms with E-state index in [2.05, 4.69) is 5.32 Å². The van der Waals surface area contributed by atoms with Crippen molar-refractivity contribution in [2.75, 3.05) is 16.3 Å². The van der Waals surface area contributed by atoms with Crippen LogP contribution in [0.1, 0.15) is 30.5 Å². The van der Waals surface area contributed by atoms with Gasteiger partial charge in [-0.15, -0.1) is 0 Å². The molecule has 3 aliphatic rings. The van der Waals surface area contributed by atoms with Gasteiger partial charge in [0.2, 0.25) is 5.91 Å². The van der Waals surface area contributed by atoms with Gasteiger partial charge in [-0.25, -0.2) is 9.69 Å². The molecule has 2 aromatic carbocycles. The van der Waals surface area contributed by atoms with Gasteiger partial charge in [-0.2, -0.15) is 0 Å². The number of fused-ring (bicyclic) bond motifs is 4. The number of barbiturate groups is 1. The fourth-order valence-corrected chi connectivity index (χ4v) is 5.82. The molecule has 0 bridgehead atoms. The van der Waals surface area contributed by atoms with Crippen molar-refractivity contribution in [2.24, 2.45) is 5.41 Å². The molecule has 3 heterocycles. The number of nitro groups is 1. The topological polar surface area (TPSA) is 122 Å². The van der Waals surface area contributed by atoms with Crippen LogP contribution >= 0.6 is 0 Å². The molecule has 1 spiro atoms. The average molecular weight is 479 g/mol. The van der Waals surface area contributed by atoms with Crippen LogP contribution in [0.2, 0.25) is 0 Å². The highest BCUT2D eigenvalue weighted by atomic mass is 16.6. The zero-order valence-electron chi connectivity index (χ0n) is 19.9. The van der Waals surface area contributed by atoms with Crippen LogP contribution in [-0.4, -0.2) is 47.6 Å². The second kappa shape index (κ2) is 7.88. The van der Waals surface area contributed by atoms with E-state index >= 15 is 0 Å². The van der Waals surface area contributed by atoms with Crippen LogP contribution in [0.3, 0.4) is 0 Å². The maximum absolute atomic E-state index is 14.3. The van der Waals surface area contributed by atoms with E-state index in [1.165, 1.54) is 12.1 Å². The highest BCUT2D eigenvalue weighted by molar-refractivity contribution is 6.31. The number of hydrogen-bond donors (Lipinski definition) is 1. The Hall–Kier alpha value is -3.79. The smallest absolute Gasteiger partial charge is 0.335 e. The van der Waals surface area contributed by atoms with Crippen LogP contribution in [0.25, 0.3) is 0 Å².